The van der Waals surface area contributed by atoms with Crippen molar-refractivity contribution in [1.82, 2.24) is 10.0 Å². The van der Waals surface area contributed by atoms with Crippen LogP contribution in [0.5, 0.6) is 0 Å². The van der Waals surface area contributed by atoms with Crippen molar-refractivity contribution in [2.24, 2.45) is 0 Å². The lowest BCUT2D eigenvalue weighted by Gasteiger charge is -2.11. The number of nitrogens with zero attached hydrogens (tertiary/aromatic N) is 1. The molecule has 0 saturated carbocycles. The van der Waals surface area contributed by atoms with Gasteiger partial charge in [-0.05, 0) is 31.9 Å². The highest BCUT2D eigenvalue weighted by atomic mass is 32.2. The first kappa shape index (κ1) is 15.8. The van der Waals surface area contributed by atoms with Crippen molar-refractivity contribution in [3.8, 4) is 0 Å². The van der Waals surface area contributed by atoms with Crippen LogP contribution in [0.3, 0.4) is 0 Å². The van der Waals surface area contributed by atoms with Crippen LogP contribution in [0, 0.1) is 15.9 Å². The zero-order valence-corrected chi connectivity index (χ0v) is 12.0. The van der Waals surface area contributed by atoms with Crippen molar-refractivity contribution in [1.29, 1.82) is 0 Å². The molecule has 116 valence electrons. The Balaban J connectivity index is 2.01. The average molecular weight is 317 g/mol. The minimum absolute atomic E-state index is 0.235. The van der Waals surface area contributed by atoms with E-state index in [-0.39, 0.29) is 11.4 Å². The fraction of sp³-hybridized carbons (Fsp3) is 0.500. The highest BCUT2D eigenvalue weighted by Crippen LogP contribution is 2.20. The summed E-state index contributed by atoms with van der Waals surface area (Å²) in [6, 6.07) is 2.83. The number of rotatable bonds is 6. The Bertz CT molecular complexity index is 629. The molecule has 0 aromatic heterocycles. The van der Waals surface area contributed by atoms with Gasteiger partial charge < -0.3 is 5.32 Å². The maximum absolute atomic E-state index is 13.5. The van der Waals surface area contributed by atoms with E-state index in [1.54, 1.807) is 0 Å². The summed E-state index contributed by atoms with van der Waals surface area (Å²) < 4.78 is 39.8. The zero-order chi connectivity index (χ0) is 15.5. The summed E-state index contributed by atoms with van der Waals surface area (Å²) in [5.41, 5.74) is -0.746. The first-order chi connectivity index (χ1) is 9.90. The second kappa shape index (κ2) is 6.46. The Hall–Kier alpha value is -1.58. The van der Waals surface area contributed by atoms with Gasteiger partial charge in [0.15, 0.2) is 0 Å². The van der Waals surface area contributed by atoms with Crippen LogP contribution in [-0.2, 0) is 10.0 Å². The van der Waals surface area contributed by atoms with Gasteiger partial charge in [0, 0.05) is 24.7 Å². The maximum Gasteiger partial charge on any atom is 0.304 e. The van der Waals surface area contributed by atoms with Gasteiger partial charge in [-0.3, -0.25) is 10.1 Å². The number of nitro benzene ring substituents is 1. The molecule has 1 aromatic rings. The molecule has 1 aromatic carbocycles. The zero-order valence-electron chi connectivity index (χ0n) is 11.2. The summed E-state index contributed by atoms with van der Waals surface area (Å²) in [6.07, 6.45) is 2.73. The lowest BCUT2D eigenvalue weighted by Crippen LogP contribution is -2.30. The molecule has 0 spiro atoms. The van der Waals surface area contributed by atoms with Crippen molar-refractivity contribution >= 4 is 15.7 Å². The van der Waals surface area contributed by atoms with E-state index in [1.165, 1.54) is 0 Å². The maximum atomic E-state index is 13.5. The number of halogens is 1. The third kappa shape index (κ3) is 3.96. The highest BCUT2D eigenvalue weighted by molar-refractivity contribution is 7.89. The number of benzene rings is 1. The van der Waals surface area contributed by atoms with E-state index in [2.05, 4.69) is 10.0 Å². The summed E-state index contributed by atoms with van der Waals surface area (Å²) in [7, 11) is -3.86. The molecule has 1 aliphatic rings. The molecule has 0 bridgehead atoms. The molecule has 1 fully saturated rings. The molecule has 1 heterocycles. The molecule has 1 saturated heterocycles. The van der Waals surface area contributed by atoms with Gasteiger partial charge in [0.2, 0.25) is 15.8 Å². The smallest absolute Gasteiger partial charge is 0.304 e. The molecule has 21 heavy (non-hydrogen) atoms. The Morgan fingerprint density at radius 1 is 1.48 bits per heavy atom. The van der Waals surface area contributed by atoms with Crippen LogP contribution in [0.1, 0.15) is 19.3 Å². The third-order valence-electron chi connectivity index (χ3n) is 3.37. The number of nitrogens with one attached hydrogen (secondary N) is 2. The summed E-state index contributed by atoms with van der Waals surface area (Å²) in [4.78, 5) is 9.28. The summed E-state index contributed by atoms with van der Waals surface area (Å²) in [5.74, 6) is -1.17. The molecular formula is C12H16FN3O4S. The van der Waals surface area contributed by atoms with Gasteiger partial charge in [0.05, 0.1) is 9.82 Å². The number of nitro groups is 1. The average Bonchev–Trinajstić information content (AvgIpc) is 2.91. The summed E-state index contributed by atoms with van der Waals surface area (Å²) in [6.45, 7) is 1.17. The van der Waals surface area contributed by atoms with Crippen LogP contribution in [0.15, 0.2) is 23.1 Å². The fourth-order valence-corrected chi connectivity index (χ4v) is 3.32. The van der Waals surface area contributed by atoms with Crippen molar-refractivity contribution < 1.29 is 17.7 Å². The van der Waals surface area contributed by atoms with Gasteiger partial charge in [-0.2, -0.15) is 4.39 Å². The quantitative estimate of drug-likeness (QED) is 0.605. The second-order valence-electron chi connectivity index (χ2n) is 4.85. The molecule has 0 radical (unpaired) electrons. The van der Waals surface area contributed by atoms with E-state index < -0.39 is 26.5 Å². The minimum Gasteiger partial charge on any atom is -0.314 e. The van der Waals surface area contributed by atoms with Crippen LogP contribution in [0.4, 0.5) is 10.1 Å². The fourth-order valence-electron chi connectivity index (χ4n) is 2.26. The SMILES string of the molecule is O=[N+]([O-])c1ccc(S(=O)(=O)NCCC2CCCN2)cc1F. The molecule has 2 rings (SSSR count). The Morgan fingerprint density at radius 2 is 2.24 bits per heavy atom. The van der Waals surface area contributed by atoms with Gasteiger partial charge in [-0.15, -0.1) is 0 Å². The predicted octanol–water partition coefficient (Wildman–Crippen LogP) is 1.15. The molecule has 1 unspecified atom stereocenters. The van der Waals surface area contributed by atoms with Gasteiger partial charge in [-0.25, -0.2) is 13.1 Å². The predicted molar refractivity (Wildman–Crippen MR) is 73.9 cm³/mol. The Labute approximate surface area is 121 Å². The molecule has 2 N–H and O–H groups in total. The van der Waals surface area contributed by atoms with E-state index >= 15 is 0 Å². The highest BCUT2D eigenvalue weighted by Gasteiger charge is 2.21. The second-order valence-corrected chi connectivity index (χ2v) is 6.62. The van der Waals surface area contributed by atoms with E-state index in [0.717, 1.165) is 31.5 Å². The van der Waals surface area contributed by atoms with Crippen LogP contribution in [-0.4, -0.2) is 32.5 Å². The Morgan fingerprint density at radius 3 is 2.81 bits per heavy atom. The van der Waals surface area contributed by atoms with E-state index in [9.17, 15) is 22.9 Å². The summed E-state index contributed by atoms with van der Waals surface area (Å²) >= 11 is 0. The van der Waals surface area contributed by atoms with Gasteiger partial charge in [0.25, 0.3) is 0 Å². The topological polar surface area (TPSA) is 101 Å². The number of hydrogen-bond acceptors (Lipinski definition) is 5. The summed E-state index contributed by atoms with van der Waals surface area (Å²) in [5, 5.41) is 13.7. The molecule has 1 aliphatic heterocycles. The van der Waals surface area contributed by atoms with Gasteiger partial charge in [0.1, 0.15) is 0 Å². The number of hydrogen-bond donors (Lipinski definition) is 2. The molecule has 0 amide bonds. The molecule has 0 aliphatic carbocycles. The van der Waals surface area contributed by atoms with Crippen molar-refractivity contribution in [2.45, 2.75) is 30.2 Å². The number of sulfonamides is 1. The monoisotopic (exact) mass is 317 g/mol. The van der Waals surface area contributed by atoms with E-state index in [4.69, 9.17) is 0 Å². The molecule has 9 heteroatoms. The van der Waals surface area contributed by atoms with Crippen molar-refractivity contribution in [3.05, 3.63) is 34.1 Å². The van der Waals surface area contributed by atoms with Crippen LogP contribution in [0.2, 0.25) is 0 Å². The molecule has 7 nitrogen and oxygen atoms in total. The minimum atomic E-state index is -3.86. The lowest BCUT2D eigenvalue weighted by atomic mass is 10.2. The normalized spacial score (nSPS) is 18.8. The van der Waals surface area contributed by atoms with Crippen molar-refractivity contribution in [3.63, 3.8) is 0 Å². The largest absolute Gasteiger partial charge is 0.314 e. The van der Waals surface area contributed by atoms with Crippen LogP contribution >= 0.6 is 0 Å². The first-order valence-corrected chi connectivity index (χ1v) is 8.05. The van der Waals surface area contributed by atoms with Gasteiger partial charge >= 0.3 is 5.69 Å². The van der Waals surface area contributed by atoms with E-state index in [1.807, 2.05) is 0 Å². The Kier molecular flexibility index (Phi) is 4.86. The van der Waals surface area contributed by atoms with Crippen LogP contribution in [0.25, 0.3) is 0 Å². The standard InChI is InChI=1S/C12H16FN3O4S/c13-11-8-10(3-4-12(11)16(17)18)21(19,20)15-7-5-9-2-1-6-14-9/h3-4,8-9,14-15H,1-2,5-7H2. The first-order valence-electron chi connectivity index (χ1n) is 6.57. The lowest BCUT2D eigenvalue weighted by molar-refractivity contribution is -0.387. The van der Waals surface area contributed by atoms with E-state index in [0.29, 0.717) is 18.5 Å². The van der Waals surface area contributed by atoms with Gasteiger partial charge in [-0.1, -0.05) is 0 Å². The third-order valence-corrected chi connectivity index (χ3v) is 4.83. The molecular weight excluding hydrogens is 301 g/mol. The van der Waals surface area contributed by atoms with Crippen molar-refractivity contribution in [2.75, 3.05) is 13.1 Å². The molecule has 1 atom stereocenters. The van der Waals surface area contributed by atoms with Crippen LogP contribution < -0.4 is 10.0 Å².